The summed E-state index contributed by atoms with van der Waals surface area (Å²) in [7, 11) is 1.61. The fraction of sp³-hybridized carbons (Fsp3) is 0.316. The quantitative estimate of drug-likeness (QED) is 0.781. The van der Waals surface area contributed by atoms with Crippen LogP contribution in [0.5, 0.6) is 5.75 Å². The lowest BCUT2D eigenvalue weighted by Gasteiger charge is -2.17. The van der Waals surface area contributed by atoms with E-state index in [4.69, 9.17) is 4.74 Å². The van der Waals surface area contributed by atoms with Crippen LogP contribution in [0.3, 0.4) is 0 Å². The minimum atomic E-state index is -0.293. The molecule has 132 valence electrons. The van der Waals surface area contributed by atoms with Crippen molar-refractivity contribution in [3.8, 4) is 5.75 Å². The summed E-state index contributed by atoms with van der Waals surface area (Å²) >= 11 is 0. The Morgan fingerprint density at radius 2 is 1.88 bits per heavy atom. The van der Waals surface area contributed by atoms with E-state index in [2.05, 4.69) is 16.2 Å². The van der Waals surface area contributed by atoms with Gasteiger partial charge in [0.2, 0.25) is 0 Å². The van der Waals surface area contributed by atoms with Crippen molar-refractivity contribution in [2.24, 2.45) is 0 Å². The zero-order chi connectivity index (χ0) is 17.8. The smallest absolute Gasteiger partial charge is 0.251 e. The number of amides is 1. The number of benzene rings is 2. The minimum Gasteiger partial charge on any atom is -0.496 e. The van der Waals surface area contributed by atoms with E-state index in [0.29, 0.717) is 17.2 Å². The van der Waals surface area contributed by atoms with Crippen molar-refractivity contribution >= 4 is 5.91 Å². The lowest BCUT2D eigenvalue weighted by molar-refractivity contribution is 0.0939. The van der Waals surface area contributed by atoms with E-state index < -0.39 is 0 Å². The lowest BCUT2D eigenvalue weighted by Crippen LogP contribution is -2.26. The van der Waals surface area contributed by atoms with Gasteiger partial charge in [-0.15, -0.1) is 0 Å². The topological polar surface area (TPSA) is 62.4 Å². The largest absolute Gasteiger partial charge is 0.496 e. The van der Waals surface area contributed by atoms with Crippen molar-refractivity contribution in [2.45, 2.75) is 18.9 Å². The summed E-state index contributed by atoms with van der Waals surface area (Å²) in [6, 6.07) is 11.4. The van der Waals surface area contributed by atoms with Crippen molar-refractivity contribution in [2.75, 3.05) is 20.2 Å². The molecular formula is C19H22FN3O2. The summed E-state index contributed by atoms with van der Waals surface area (Å²) in [4.78, 5) is 12.5. The maximum absolute atomic E-state index is 13.0. The molecule has 1 amide bonds. The summed E-state index contributed by atoms with van der Waals surface area (Å²) < 4.78 is 18.5. The first kappa shape index (κ1) is 17.4. The molecule has 0 aromatic heterocycles. The van der Waals surface area contributed by atoms with Crippen LogP contribution in [0.1, 0.15) is 40.4 Å². The molecule has 0 aliphatic carbocycles. The summed E-state index contributed by atoms with van der Waals surface area (Å²) in [5.74, 6) is 0.533. The van der Waals surface area contributed by atoms with E-state index in [1.165, 1.54) is 12.1 Å². The Labute approximate surface area is 146 Å². The van der Waals surface area contributed by atoms with Crippen molar-refractivity contribution in [1.82, 2.24) is 16.2 Å². The first-order valence-electron chi connectivity index (χ1n) is 8.28. The highest BCUT2D eigenvalue weighted by atomic mass is 19.1. The number of halogens is 1. The highest BCUT2D eigenvalue weighted by Gasteiger charge is 2.21. The standard InChI is InChI=1S/C19H22FN3O2/c1-12(13-3-6-16(20)7-4-13)23-19(24)14-5-8-17(18(9-14)25-2)15-10-21-22-11-15/h3-9,12,15,21-22H,10-11H2,1-2H3,(H,23,24)/t12-/m1/s1. The van der Waals surface area contributed by atoms with Crippen LogP contribution in [0.2, 0.25) is 0 Å². The molecule has 1 saturated heterocycles. The molecule has 1 fully saturated rings. The van der Waals surface area contributed by atoms with E-state index in [-0.39, 0.29) is 17.8 Å². The van der Waals surface area contributed by atoms with Gasteiger partial charge in [-0.2, -0.15) is 0 Å². The Morgan fingerprint density at radius 1 is 1.20 bits per heavy atom. The number of methoxy groups -OCH3 is 1. The van der Waals surface area contributed by atoms with Crippen LogP contribution in [-0.4, -0.2) is 26.1 Å². The SMILES string of the molecule is COc1cc(C(=O)N[C@H](C)c2ccc(F)cc2)ccc1C1CNNC1. The molecule has 5 nitrogen and oxygen atoms in total. The van der Waals surface area contributed by atoms with E-state index >= 15 is 0 Å². The lowest BCUT2D eigenvalue weighted by atomic mass is 9.97. The number of carbonyl (C=O) groups excluding carboxylic acids is 1. The predicted octanol–water partition coefficient (Wildman–Crippen LogP) is 2.52. The zero-order valence-corrected chi connectivity index (χ0v) is 14.3. The van der Waals surface area contributed by atoms with E-state index in [1.54, 1.807) is 25.3 Å². The molecule has 0 saturated carbocycles. The molecule has 1 heterocycles. The van der Waals surface area contributed by atoms with Gasteiger partial charge in [0.25, 0.3) is 5.91 Å². The fourth-order valence-electron chi connectivity index (χ4n) is 2.99. The third-order valence-electron chi connectivity index (χ3n) is 4.48. The van der Waals surface area contributed by atoms with Crippen LogP contribution >= 0.6 is 0 Å². The van der Waals surface area contributed by atoms with Crippen molar-refractivity contribution < 1.29 is 13.9 Å². The Balaban J connectivity index is 1.74. The second-order valence-corrected chi connectivity index (χ2v) is 6.16. The predicted molar refractivity (Wildman–Crippen MR) is 94.0 cm³/mol. The molecule has 0 unspecified atom stereocenters. The maximum Gasteiger partial charge on any atom is 0.251 e. The van der Waals surface area contributed by atoms with Gasteiger partial charge in [-0.1, -0.05) is 18.2 Å². The molecule has 2 aromatic rings. The molecule has 1 atom stereocenters. The maximum atomic E-state index is 13.0. The molecule has 1 aliphatic rings. The zero-order valence-electron chi connectivity index (χ0n) is 14.3. The molecule has 3 rings (SSSR count). The number of ether oxygens (including phenoxy) is 1. The molecule has 25 heavy (non-hydrogen) atoms. The molecule has 0 spiro atoms. The van der Waals surface area contributed by atoms with Gasteiger partial charge in [0.05, 0.1) is 13.2 Å². The minimum absolute atomic E-state index is 0.190. The van der Waals surface area contributed by atoms with E-state index in [1.807, 2.05) is 19.1 Å². The summed E-state index contributed by atoms with van der Waals surface area (Å²) in [6.07, 6.45) is 0. The summed E-state index contributed by atoms with van der Waals surface area (Å²) in [5, 5.41) is 2.93. The normalized spacial score (nSPS) is 15.8. The van der Waals surface area contributed by atoms with Crippen molar-refractivity contribution in [3.05, 3.63) is 65.0 Å². The van der Waals surface area contributed by atoms with E-state index in [0.717, 1.165) is 24.2 Å². The number of hydrogen-bond donors (Lipinski definition) is 3. The molecule has 0 bridgehead atoms. The van der Waals surface area contributed by atoms with Gasteiger partial charge in [0, 0.05) is 24.6 Å². The monoisotopic (exact) mass is 343 g/mol. The summed E-state index contributed by atoms with van der Waals surface area (Å²) in [6.45, 7) is 3.51. The van der Waals surface area contributed by atoms with Gasteiger partial charge in [0.15, 0.2) is 0 Å². The number of hydrazine groups is 1. The summed E-state index contributed by atoms with van der Waals surface area (Å²) in [5.41, 5.74) is 8.65. The third kappa shape index (κ3) is 3.97. The first-order chi connectivity index (χ1) is 12.1. The van der Waals surface area contributed by atoms with Gasteiger partial charge in [-0.3, -0.25) is 15.6 Å². The van der Waals surface area contributed by atoms with Crippen LogP contribution in [-0.2, 0) is 0 Å². The van der Waals surface area contributed by atoms with E-state index in [9.17, 15) is 9.18 Å². The van der Waals surface area contributed by atoms with Crippen LogP contribution in [0, 0.1) is 5.82 Å². The highest BCUT2D eigenvalue weighted by molar-refractivity contribution is 5.95. The number of carbonyl (C=O) groups is 1. The van der Waals surface area contributed by atoms with Gasteiger partial charge in [-0.25, -0.2) is 4.39 Å². The Kier molecular flexibility index (Phi) is 5.31. The Morgan fingerprint density at radius 3 is 2.52 bits per heavy atom. The molecule has 1 aliphatic heterocycles. The van der Waals surface area contributed by atoms with Gasteiger partial charge < -0.3 is 10.1 Å². The van der Waals surface area contributed by atoms with Gasteiger partial charge in [-0.05, 0) is 42.3 Å². The molecule has 2 aromatic carbocycles. The highest BCUT2D eigenvalue weighted by Crippen LogP contribution is 2.28. The molecule has 0 radical (unpaired) electrons. The van der Waals surface area contributed by atoms with Crippen LogP contribution in [0.4, 0.5) is 4.39 Å². The van der Waals surface area contributed by atoms with Gasteiger partial charge >= 0.3 is 0 Å². The van der Waals surface area contributed by atoms with Crippen LogP contribution < -0.4 is 20.9 Å². The average Bonchev–Trinajstić information content (AvgIpc) is 3.16. The Hall–Kier alpha value is -2.44. The number of nitrogens with one attached hydrogen (secondary N) is 3. The van der Waals surface area contributed by atoms with Gasteiger partial charge in [0.1, 0.15) is 11.6 Å². The van der Waals surface area contributed by atoms with Crippen molar-refractivity contribution in [3.63, 3.8) is 0 Å². The first-order valence-corrected chi connectivity index (χ1v) is 8.28. The van der Waals surface area contributed by atoms with Crippen LogP contribution in [0.15, 0.2) is 42.5 Å². The average molecular weight is 343 g/mol. The second kappa shape index (κ2) is 7.63. The molecule has 3 N–H and O–H groups in total. The van der Waals surface area contributed by atoms with Crippen LogP contribution in [0.25, 0.3) is 0 Å². The number of hydrogen-bond acceptors (Lipinski definition) is 4. The van der Waals surface area contributed by atoms with Crippen molar-refractivity contribution in [1.29, 1.82) is 0 Å². The fourth-order valence-corrected chi connectivity index (χ4v) is 2.99. The molecule has 6 heteroatoms. The Bertz CT molecular complexity index is 743. The third-order valence-corrected chi connectivity index (χ3v) is 4.48. The number of rotatable bonds is 5. The second-order valence-electron chi connectivity index (χ2n) is 6.16. The molecular weight excluding hydrogens is 321 g/mol.